The van der Waals surface area contributed by atoms with Crippen LogP contribution in [0.3, 0.4) is 0 Å². The summed E-state index contributed by atoms with van der Waals surface area (Å²) in [6.07, 6.45) is 1.13. The number of hydrogen-bond acceptors (Lipinski definition) is 3. The number of aliphatic hydroxyl groups is 1. The molecule has 0 bridgehead atoms. The lowest BCUT2D eigenvalue weighted by Gasteiger charge is -2.19. The Morgan fingerprint density at radius 3 is 2.61 bits per heavy atom. The number of hydrogen-bond donors (Lipinski definition) is 1. The van der Waals surface area contributed by atoms with Crippen LogP contribution in [0.2, 0.25) is 5.02 Å². The largest absolute Gasteiger partial charge is 0.468 e. The summed E-state index contributed by atoms with van der Waals surface area (Å²) in [4.78, 5) is 2.01. The fraction of sp³-hybridized carbons (Fsp3) is 0.286. The van der Waals surface area contributed by atoms with E-state index in [-0.39, 0.29) is 0 Å². The predicted molar refractivity (Wildman–Crippen MR) is 71.5 cm³/mol. The second kappa shape index (κ2) is 6.05. The van der Waals surface area contributed by atoms with Crippen molar-refractivity contribution >= 4 is 11.6 Å². The van der Waals surface area contributed by atoms with Crippen molar-refractivity contribution < 1.29 is 9.52 Å². The van der Waals surface area contributed by atoms with Gasteiger partial charge in [-0.3, -0.25) is 4.90 Å². The van der Waals surface area contributed by atoms with E-state index in [0.717, 1.165) is 11.3 Å². The van der Waals surface area contributed by atoms with Gasteiger partial charge in [-0.15, -0.1) is 0 Å². The van der Waals surface area contributed by atoms with Gasteiger partial charge in [-0.25, -0.2) is 0 Å². The van der Waals surface area contributed by atoms with Gasteiger partial charge in [0, 0.05) is 11.6 Å². The molecule has 3 nitrogen and oxygen atoms in total. The van der Waals surface area contributed by atoms with Gasteiger partial charge in [-0.2, -0.15) is 0 Å². The molecule has 1 unspecified atom stereocenters. The van der Waals surface area contributed by atoms with Crippen LogP contribution in [0.15, 0.2) is 47.1 Å². The normalized spacial score (nSPS) is 12.9. The quantitative estimate of drug-likeness (QED) is 0.903. The van der Waals surface area contributed by atoms with Crippen LogP contribution in [-0.4, -0.2) is 23.6 Å². The van der Waals surface area contributed by atoms with Gasteiger partial charge < -0.3 is 9.52 Å². The van der Waals surface area contributed by atoms with E-state index < -0.39 is 6.10 Å². The third-order valence-electron chi connectivity index (χ3n) is 2.75. The lowest BCUT2D eigenvalue weighted by molar-refractivity contribution is 0.120. The number of nitrogens with zero attached hydrogens (tertiary/aromatic N) is 1. The van der Waals surface area contributed by atoms with Crippen molar-refractivity contribution in [2.24, 2.45) is 0 Å². The first-order valence-electron chi connectivity index (χ1n) is 5.79. The van der Waals surface area contributed by atoms with Crippen LogP contribution in [0.5, 0.6) is 0 Å². The van der Waals surface area contributed by atoms with Crippen LogP contribution in [0.4, 0.5) is 0 Å². The summed E-state index contributed by atoms with van der Waals surface area (Å²) in [5.74, 6) is 0.890. The van der Waals surface area contributed by atoms with Crippen LogP contribution in [0.25, 0.3) is 0 Å². The Hall–Kier alpha value is -1.29. The third kappa shape index (κ3) is 3.60. The topological polar surface area (TPSA) is 36.6 Å². The summed E-state index contributed by atoms with van der Waals surface area (Å²) in [5, 5.41) is 10.8. The highest BCUT2D eigenvalue weighted by Crippen LogP contribution is 2.17. The molecule has 4 heteroatoms. The number of likely N-dealkylation sites (N-methyl/N-ethyl adjacent to an activating group) is 1. The molecule has 1 aromatic carbocycles. The van der Waals surface area contributed by atoms with Gasteiger partial charge in [0.2, 0.25) is 0 Å². The maximum absolute atomic E-state index is 10.1. The van der Waals surface area contributed by atoms with Gasteiger partial charge in [0.25, 0.3) is 0 Å². The Morgan fingerprint density at radius 1 is 1.28 bits per heavy atom. The molecule has 1 heterocycles. The average Bonchev–Trinajstić information content (AvgIpc) is 2.82. The molecule has 0 aliphatic rings. The molecule has 0 saturated heterocycles. The summed E-state index contributed by atoms with van der Waals surface area (Å²) in [5.41, 5.74) is 0.866. The lowest BCUT2D eigenvalue weighted by atomic mass is 10.1. The van der Waals surface area contributed by atoms with E-state index in [9.17, 15) is 5.11 Å². The molecule has 0 spiro atoms. The van der Waals surface area contributed by atoms with Crippen molar-refractivity contribution in [2.75, 3.05) is 13.6 Å². The molecule has 1 aromatic heterocycles. The molecular weight excluding hydrogens is 250 g/mol. The minimum absolute atomic E-state index is 0.526. The molecule has 0 radical (unpaired) electrons. The number of aliphatic hydroxyl groups excluding tert-OH is 1. The summed E-state index contributed by atoms with van der Waals surface area (Å²) < 4.78 is 5.27. The summed E-state index contributed by atoms with van der Waals surface area (Å²) in [7, 11) is 1.95. The average molecular weight is 266 g/mol. The first kappa shape index (κ1) is 13.1. The second-order valence-corrected chi connectivity index (χ2v) is 4.78. The molecule has 2 rings (SSSR count). The maximum Gasteiger partial charge on any atom is 0.117 e. The van der Waals surface area contributed by atoms with E-state index in [2.05, 4.69) is 0 Å². The molecule has 0 amide bonds. The molecule has 0 saturated carbocycles. The Balaban J connectivity index is 1.90. The second-order valence-electron chi connectivity index (χ2n) is 4.34. The van der Waals surface area contributed by atoms with E-state index in [4.69, 9.17) is 16.0 Å². The van der Waals surface area contributed by atoms with E-state index in [1.807, 2.05) is 36.2 Å². The van der Waals surface area contributed by atoms with Crippen molar-refractivity contribution in [3.63, 3.8) is 0 Å². The van der Waals surface area contributed by atoms with Crippen molar-refractivity contribution in [1.29, 1.82) is 0 Å². The fourth-order valence-corrected chi connectivity index (χ4v) is 1.94. The molecule has 0 aliphatic carbocycles. The van der Waals surface area contributed by atoms with Crippen LogP contribution in [0.1, 0.15) is 17.4 Å². The molecule has 18 heavy (non-hydrogen) atoms. The van der Waals surface area contributed by atoms with Crippen LogP contribution in [0, 0.1) is 0 Å². The SMILES string of the molecule is CN(Cc1ccco1)CC(O)c1ccc(Cl)cc1. The minimum atomic E-state index is -0.526. The standard InChI is InChI=1S/C14H16ClNO2/c1-16(9-13-3-2-8-18-13)10-14(17)11-4-6-12(15)7-5-11/h2-8,14,17H,9-10H2,1H3. The predicted octanol–water partition coefficient (Wildman–Crippen LogP) is 3.10. The Labute approximate surface area is 112 Å². The Morgan fingerprint density at radius 2 is 2.00 bits per heavy atom. The number of halogens is 1. The van der Waals surface area contributed by atoms with Gasteiger partial charge in [-0.1, -0.05) is 23.7 Å². The fourth-order valence-electron chi connectivity index (χ4n) is 1.82. The molecular formula is C14H16ClNO2. The highest BCUT2D eigenvalue weighted by atomic mass is 35.5. The van der Waals surface area contributed by atoms with E-state index in [1.54, 1.807) is 18.4 Å². The zero-order valence-corrected chi connectivity index (χ0v) is 11.0. The molecule has 0 fully saturated rings. The van der Waals surface area contributed by atoms with Gasteiger partial charge in [0.1, 0.15) is 5.76 Å². The Bertz CT molecular complexity index is 467. The molecule has 0 aliphatic heterocycles. The number of benzene rings is 1. The van der Waals surface area contributed by atoms with E-state index >= 15 is 0 Å². The summed E-state index contributed by atoms with van der Waals surface area (Å²) in [6.45, 7) is 1.22. The molecule has 96 valence electrons. The third-order valence-corrected chi connectivity index (χ3v) is 3.00. The molecule has 1 atom stereocenters. The van der Waals surface area contributed by atoms with Gasteiger partial charge in [0.05, 0.1) is 18.9 Å². The number of furan rings is 1. The molecule has 1 N–H and O–H groups in total. The van der Waals surface area contributed by atoms with Crippen LogP contribution < -0.4 is 0 Å². The zero-order valence-electron chi connectivity index (χ0n) is 10.2. The van der Waals surface area contributed by atoms with Crippen LogP contribution >= 0.6 is 11.6 Å². The lowest BCUT2D eigenvalue weighted by Crippen LogP contribution is -2.24. The van der Waals surface area contributed by atoms with Crippen molar-refractivity contribution in [3.05, 3.63) is 59.0 Å². The van der Waals surface area contributed by atoms with Gasteiger partial charge >= 0.3 is 0 Å². The van der Waals surface area contributed by atoms with E-state index in [0.29, 0.717) is 18.1 Å². The summed E-state index contributed by atoms with van der Waals surface area (Å²) >= 11 is 5.81. The smallest absolute Gasteiger partial charge is 0.117 e. The maximum atomic E-state index is 10.1. The van der Waals surface area contributed by atoms with Gasteiger partial charge in [0.15, 0.2) is 0 Å². The van der Waals surface area contributed by atoms with Crippen molar-refractivity contribution in [3.8, 4) is 0 Å². The first-order valence-corrected chi connectivity index (χ1v) is 6.17. The monoisotopic (exact) mass is 265 g/mol. The minimum Gasteiger partial charge on any atom is -0.468 e. The van der Waals surface area contributed by atoms with Crippen LogP contribution in [-0.2, 0) is 6.54 Å². The van der Waals surface area contributed by atoms with Gasteiger partial charge in [-0.05, 0) is 36.9 Å². The Kier molecular flexibility index (Phi) is 4.42. The number of rotatable bonds is 5. The highest BCUT2D eigenvalue weighted by molar-refractivity contribution is 6.30. The highest BCUT2D eigenvalue weighted by Gasteiger charge is 2.11. The summed E-state index contributed by atoms with van der Waals surface area (Å²) in [6, 6.07) is 11.0. The first-order chi connectivity index (χ1) is 8.65. The van der Waals surface area contributed by atoms with E-state index in [1.165, 1.54) is 0 Å². The molecule has 2 aromatic rings. The van der Waals surface area contributed by atoms with Crippen molar-refractivity contribution in [2.45, 2.75) is 12.6 Å². The zero-order chi connectivity index (χ0) is 13.0. The van der Waals surface area contributed by atoms with Crippen molar-refractivity contribution in [1.82, 2.24) is 4.90 Å².